The highest BCUT2D eigenvalue weighted by Gasteiger charge is 2.48. The van der Waals surface area contributed by atoms with Crippen molar-refractivity contribution >= 4 is 5.91 Å². The second-order valence-electron chi connectivity index (χ2n) is 7.06. The van der Waals surface area contributed by atoms with Crippen LogP contribution in [0.25, 0.3) is 0 Å². The van der Waals surface area contributed by atoms with Gasteiger partial charge in [-0.3, -0.25) is 9.78 Å². The molecule has 132 valence electrons. The maximum atomic E-state index is 12.1. The van der Waals surface area contributed by atoms with Crippen LogP contribution in [0.1, 0.15) is 19.3 Å². The smallest absolute Gasteiger partial charge is 0.236 e. The van der Waals surface area contributed by atoms with Gasteiger partial charge in [-0.05, 0) is 39.3 Å². The number of aromatic nitrogens is 2. The lowest BCUT2D eigenvalue weighted by Crippen LogP contribution is -2.67. The highest BCUT2D eigenvalue weighted by Crippen LogP contribution is 2.38. The molecule has 3 heterocycles. The minimum absolute atomic E-state index is 0.128. The van der Waals surface area contributed by atoms with Crippen molar-refractivity contribution in [1.29, 1.82) is 0 Å². The Morgan fingerprint density at radius 3 is 3.00 bits per heavy atom. The van der Waals surface area contributed by atoms with Crippen molar-refractivity contribution in [3.8, 4) is 5.88 Å². The molecular weight excluding hydrogens is 308 g/mol. The normalized spacial score (nSPS) is 22.5. The van der Waals surface area contributed by atoms with Gasteiger partial charge in [-0.25, -0.2) is 4.98 Å². The summed E-state index contributed by atoms with van der Waals surface area (Å²) in [6, 6.07) is 0. The number of likely N-dealkylation sites (N-methyl/N-ethyl adjacent to an activating group) is 1. The fourth-order valence-corrected chi connectivity index (χ4v) is 3.48. The average Bonchev–Trinajstić information content (AvgIpc) is 2.53. The van der Waals surface area contributed by atoms with Gasteiger partial charge in [0.1, 0.15) is 5.60 Å². The fraction of sp³-hybridized carbons (Fsp3) is 0.706. The zero-order chi connectivity index (χ0) is 17.0. The van der Waals surface area contributed by atoms with Crippen LogP contribution in [-0.2, 0) is 9.53 Å². The maximum absolute atomic E-state index is 12.1. The standard InChI is InChI=1S/C17H26N4O3/c1-20(2)11-16(22)21-12-17(13-21)9-14(4-8-24-17)3-7-23-15-10-18-5-6-19-15/h5-6,10,14H,3-4,7-9,11-13H2,1-2H3/t14-/m0/s1. The first kappa shape index (κ1) is 17.1. The molecule has 1 amide bonds. The van der Waals surface area contributed by atoms with Gasteiger partial charge in [0.15, 0.2) is 0 Å². The Bertz CT molecular complexity index is 546. The van der Waals surface area contributed by atoms with E-state index in [1.165, 1.54) is 0 Å². The van der Waals surface area contributed by atoms with Gasteiger partial charge in [0, 0.05) is 19.0 Å². The summed E-state index contributed by atoms with van der Waals surface area (Å²) < 4.78 is 11.7. The number of hydrogen-bond donors (Lipinski definition) is 0. The topological polar surface area (TPSA) is 67.8 Å². The van der Waals surface area contributed by atoms with Gasteiger partial charge < -0.3 is 19.3 Å². The highest BCUT2D eigenvalue weighted by atomic mass is 16.5. The average molecular weight is 334 g/mol. The van der Waals surface area contributed by atoms with E-state index in [-0.39, 0.29) is 11.5 Å². The molecule has 24 heavy (non-hydrogen) atoms. The first-order chi connectivity index (χ1) is 11.6. The molecule has 7 nitrogen and oxygen atoms in total. The minimum atomic E-state index is -0.128. The summed E-state index contributed by atoms with van der Waals surface area (Å²) in [7, 11) is 3.83. The molecule has 0 radical (unpaired) electrons. The van der Waals surface area contributed by atoms with Gasteiger partial charge >= 0.3 is 0 Å². The van der Waals surface area contributed by atoms with Crippen LogP contribution in [0, 0.1) is 5.92 Å². The fourth-order valence-electron chi connectivity index (χ4n) is 3.48. The monoisotopic (exact) mass is 334 g/mol. The molecule has 7 heteroatoms. The number of carbonyl (C=O) groups is 1. The summed E-state index contributed by atoms with van der Waals surface area (Å²) in [6.45, 7) is 3.32. The van der Waals surface area contributed by atoms with Crippen molar-refractivity contribution in [2.45, 2.75) is 24.9 Å². The van der Waals surface area contributed by atoms with E-state index >= 15 is 0 Å². The molecule has 3 rings (SSSR count). The number of carbonyl (C=O) groups excluding carboxylic acids is 1. The van der Waals surface area contributed by atoms with E-state index in [9.17, 15) is 4.79 Å². The summed E-state index contributed by atoms with van der Waals surface area (Å²) in [5.41, 5.74) is -0.128. The van der Waals surface area contributed by atoms with E-state index in [0.29, 0.717) is 24.9 Å². The van der Waals surface area contributed by atoms with Crippen molar-refractivity contribution in [2.75, 3.05) is 46.9 Å². The van der Waals surface area contributed by atoms with Crippen LogP contribution in [0.5, 0.6) is 5.88 Å². The van der Waals surface area contributed by atoms with Gasteiger partial charge in [-0.2, -0.15) is 0 Å². The van der Waals surface area contributed by atoms with Gasteiger partial charge in [0.25, 0.3) is 0 Å². The molecule has 1 spiro atoms. The van der Waals surface area contributed by atoms with E-state index in [1.54, 1.807) is 18.6 Å². The molecule has 2 aliphatic rings. The molecule has 2 saturated heterocycles. The molecule has 0 N–H and O–H groups in total. The molecule has 0 unspecified atom stereocenters. The van der Waals surface area contributed by atoms with Crippen molar-refractivity contribution in [3.05, 3.63) is 18.6 Å². The summed E-state index contributed by atoms with van der Waals surface area (Å²) in [6.07, 6.45) is 7.93. The summed E-state index contributed by atoms with van der Waals surface area (Å²) in [5, 5.41) is 0. The predicted molar refractivity (Wildman–Crippen MR) is 88.7 cm³/mol. The van der Waals surface area contributed by atoms with Crippen LogP contribution in [0.4, 0.5) is 0 Å². The largest absolute Gasteiger partial charge is 0.477 e. The quantitative estimate of drug-likeness (QED) is 0.767. The number of nitrogens with zero attached hydrogens (tertiary/aromatic N) is 4. The van der Waals surface area contributed by atoms with Gasteiger partial charge in [0.2, 0.25) is 11.8 Å². The van der Waals surface area contributed by atoms with E-state index in [1.807, 2.05) is 23.9 Å². The zero-order valence-electron chi connectivity index (χ0n) is 14.5. The Morgan fingerprint density at radius 1 is 1.46 bits per heavy atom. The van der Waals surface area contributed by atoms with Crippen molar-refractivity contribution in [1.82, 2.24) is 19.8 Å². The SMILES string of the molecule is CN(C)CC(=O)N1CC2(C[C@@H](CCOc3cnccn3)CCO2)C1. The van der Waals surface area contributed by atoms with E-state index in [4.69, 9.17) is 9.47 Å². The maximum Gasteiger partial charge on any atom is 0.236 e. The minimum Gasteiger partial charge on any atom is -0.477 e. The third-order valence-electron chi connectivity index (χ3n) is 4.67. The third kappa shape index (κ3) is 4.21. The van der Waals surface area contributed by atoms with Gasteiger partial charge in [-0.15, -0.1) is 0 Å². The van der Waals surface area contributed by atoms with Gasteiger partial charge in [0.05, 0.1) is 32.4 Å². The number of ether oxygens (including phenoxy) is 2. The Hall–Kier alpha value is -1.73. The van der Waals surface area contributed by atoms with Gasteiger partial charge in [-0.1, -0.05) is 0 Å². The lowest BCUT2D eigenvalue weighted by atomic mass is 9.79. The first-order valence-electron chi connectivity index (χ1n) is 8.52. The van der Waals surface area contributed by atoms with Crippen molar-refractivity contribution < 1.29 is 14.3 Å². The van der Waals surface area contributed by atoms with Crippen LogP contribution in [-0.4, -0.2) is 78.2 Å². The number of rotatable bonds is 6. The molecule has 1 aromatic rings. The van der Waals surface area contributed by atoms with E-state index in [2.05, 4.69) is 9.97 Å². The number of amides is 1. The molecule has 0 saturated carbocycles. The molecular formula is C17H26N4O3. The van der Waals surface area contributed by atoms with Crippen LogP contribution in [0.15, 0.2) is 18.6 Å². The molecule has 1 atom stereocenters. The van der Waals surface area contributed by atoms with E-state index < -0.39 is 0 Å². The van der Waals surface area contributed by atoms with Crippen molar-refractivity contribution in [2.24, 2.45) is 5.92 Å². The number of hydrogen-bond acceptors (Lipinski definition) is 6. The van der Waals surface area contributed by atoms with Crippen LogP contribution >= 0.6 is 0 Å². The van der Waals surface area contributed by atoms with Crippen LogP contribution in [0.2, 0.25) is 0 Å². The number of likely N-dealkylation sites (tertiary alicyclic amines) is 1. The Kier molecular flexibility index (Phi) is 5.30. The molecule has 0 bridgehead atoms. The summed E-state index contributed by atoms with van der Waals surface area (Å²) in [5.74, 6) is 1.33. The van der Waals surface area contributed by atoms with E-state index in [0.717, 1.165) is 39.0 Å². The lowest BCUT2D eigenvalue weighted by Gasteiger charge is -2.53. The van der Waals surface area contributed by atoms with Crippen LogP contribution < -0.4 is 4.74 Å². The first-order valence-corrected chi connectivity index (χ1v) is 8.52. The third-order valence-corrected chi connectivity index (χ3v) is 4.67. The van der Waals surface area contributed by atoms with Crippen molar-refractivity contribution in [3.63, 3.8) is 0 Å². The Morgan fingerprint density at radius 2 is 2.29 bits per heavy atom. The summed E-state index contributed by atoms with van der Waals surface area (Å²) >= 11 is 0. The molecule has 0 aliphatic carbocycles. The predicted octanol–water partition coefficient (Wildman–Crippen LogP) is 0.815. The lowest BCUT2D eigenvalue weighted by molar-refractivity contribution is -0.189. The molecule has 2 aliphatic heterocycles. The highest BCUT2D eigenvalue weighted by molar-refractivity contribution is 5.79. The molecule has 1 aromatic heterocycles. The zero-order valence-corrected chi connectivity index (χ0v) is 14.5. The van der Waals surface area contributed by atoms with Crippen LogP contribution in [0.3, 0.4) is 0 Å². The summed E-state index contributed by atoms with van der Waals surface area (Å²) in [4.78, 5) is 24.0. The second-order valence-corrected chi connectivity index (χ2v) is 7.06. The second kappa shape index (κ2) is 7.44. The Balaban J connectivity index is 1.41. The molecule has 2 fully saturated rings. The molecule has 0 aromatic carbocycles. The Labute approximate surface area is 143 Å².